The van der Waals surface area contributed by atoms with Crippen LogP contribution in [0, 0.1) is 5.82 Å². The number of aromatic amines is 1. The Kier molecular flexibility index (Phi) is 4.09. The van der Waals surface area contributed by atoms with Crippen molar-refractivity contribution in [3.8, 4) is 0 Å². The molecule has 23 heavy (non-hydrogen) atoms. The quantitative estimate of drug-likeness (QED) is 0.739. The van der Waals surface area contributed by atoms with Crippen LogP contribution in [0.3, 0.4) is 0 Å². The molecule has 0 aliphatic carbocycles. The van der Waals surface area contributed by atoms with E-state index in [2.05, 4.69) is 30.6 Å². The lowest BCUT2D eigenvalue weighted by Crippen LogP contribution is -2.24. The number of H-pyrrole nitrogens is 1. The van der Waals surface area contributed by atoms with Crippen LogP contribution in [0.2, 0.25) is 0 Å². The Hall–Kier alpha value is -3.10. The Labute approximate surface area is 130 Å². The number of benzene rings is 1. The molecular formula is C14H14FN7O. The van der Waals surface area contributed by atoms with Gasteiger partial charge in [0.2, 0.25) is 5.95 Å². The fourth-order valence-electron chi connectivity index (χ4n) is 2.02. The van der Waals surface area contributed by atoms with Gasteiger partial charge in [-0.25, -0.2) is 14.1 Å². The first-order valence-corrected chi connectivity index (χ1v) is 6.92. The number of nitrogens with one attached hydrogen (secondary N) is 2. The van der Waals surface area contributed by atoms with Gasteiger partial charge in [0.25, 0.3) is 5.91 Å². The molecule has 1 aromatic carbocycles. The van der Waals surface area contributed by atoms with E-state index in [1.165, 1.54) is 29.5 Å². The summed E-state index contributed by atoms with van der Waals surface area (Å²) in [5.41, 5.74) is 0.759. The van der Waals surface area contributed by atoms with Crippen molar-refractivity contribution in [3.63, 3.8) is 0 Å². The van der Waals surface area contributed by atoms with E-state index in [-0.39, 0.29) is 17.7 Å². The molecule has 0 saturated carbocycles. The number of nitrogens with zero attached hydrogens (tertiary/aromatic N) is 5. The summed E-state index contributed by atoms with van der Waals surface area (Å²) in [7, 11) is 0. The van der Waals surface area contributed by atoms with Crippen LogP contribution in [-0.4, -0.2) is 35.9 Å². The van der Waals surface area contributed by atoms with Crippen molar-refractivity contribution >= 4 is 11.9 Å². The Morgan fingerprint density at radius 3 is 3.09 bits per heavy atom. The number of anilines is 1. The summed E-state index contributed by atoms with van der Waals surface area (Å²) in [5, 5.41) is 13.2. The van der Waals surface area contributed by atoms with Gasteiger partial charge in [0.1, 0.15) is 30.3 Å². The lowest BCUT2D eigenvalue weighted by Gasteiger charge is -2.09. The molecule has 3 rings (SSSR count). The van der Waals surface area contributed by atoms with Crippen molar-refractivity contribution < 1.29 is 9.18 Å². The van der Waals surface area contributed by atoms with Gasteiger partial charge in [-0.05, 0) is 24.6 Å². The van der Waals surface area contributed by atoms with Gasteiger partial charge in [-0.1, -0.05) is 12.1 Å². The fourth-order valence-corrected chi connectivity index (χ4v) is 2.02. The molecule has 0 bridgehead atoms. The zero-order chi connectivity index (χ0) is 16.2. The third-order valence-corrected chi connectivity index (χ3v) is 3.24. The highest BCUT2D eigenvalue weighted by molar-refractivity contribution is 5.91. The van der Waals surface area contributed by atoms with Gasteiger partial charge in [-0.2, -0.15) is 10.1 Å². The summed E-state index contributed by atoms with van der Waals surface area (Å²) in [5.74, 6) is 0.0664. The average molecular weight is 315 g/mol. The van der Waals surface area contributed by atoms with E-state index in [4.69, 9.17) is 0 Å². The molecule has 0 spiro atoms. The first-order chi connectivity index (χ1) is 11.1. The smallest absolute Gasteiger partial charge is 0.251 e. The lowest BCUT2D eigenvalue weighted by molar-refractivity contribution is -0.119. The molecule has 1 atom stereocenters. The second kappa shape index (κ2) is 6.34. The zero-order valence-electron chi connectivity index (χ0n) is 12.3. The van der Waals surface area contributed by atoms with Gasteiger partial charge in [0, 0.05) is 6.42 Å². The summed E-state index contributed by atoms with van der Waals surface area (Å²) in [4.78, 5) is 20.0. The summed E-state index contributed by atoms with van der Waals surface area (Å²) < 4.78 is 14.6. The van der Waals surface area contributed by atoms with Crippen molar-refractivity contribution in [2.75, 3.05) is 5.32 Å². The number of amides is 1. The largest absolute Gasteiger partial charge is 0.291 e. The molecule has 9 heteroatoms. The summed E-state index contributed by atoms with van der Waals surface area (Å²) in [6, 6.07) is 5.68. The van der Waals surface area contributed by atoms with Crippen molar-refractivity contribution in [2.45, 2.75) is 19.4 Å². The molecular weight excluding hydrogens is 301 g/mol. The number of carbonyl (C=O) groups excluding carboxylic acids is 1. The molecule has 0 fully saturated rings. The first kappa shape index (κ1) is 14.8. The van der Waals surface area contributed by atoms with Crippen molar-refractivity contribution in [1.29, 1.82) is 0 Å². The standard InChI is InChI=1S/C14H14FN7O/c1-9(22-8-16-7-17-22)13(23)19-14-18-12(20-21-14)6-10-3-2-4-11(15)5-10/h2-5,7-9H,6H2,1H3,(H2,18,19,20,21,23)/t9-/m0/s1. The number of hydrogen-bond acceptors (Lipinski definition) is 5. The van der Waals surface area contributed by atoms with Crippen LogP contribution < -0.4 is 5.32 Å². The first-order valence-electron chi connectivity index (χ1n) is 6.92. The lowest BCUT2D eigenvalue weighted by atomic mass is 10.1. The topological polar surface area (TPSA) is 101 Å². The number of rotatable bonds is 5. The maximum Gasteiger partial charge on any atom is 0.251 e. The van der Waals surface area contributed by atoms with Crippen LogP contribution in [0.4, 0.5) is 10.3 Å². The normalized spacial score (nSPS) is 12.1. The molecule has 3 aromatic rings. The SMILES string of the molecule is C[C@@H](C(=O)Nc1n[nH]c(Cc2cccc(F)c2)n1)n1cncn1. The van der Waals surface area contributed by atoms with E-state index in [0.29, 0.717) is 12.2 Å². The number of aromatic nitrogens is 6. The van der Waals surface area contributed by atoms with E-state index < -0.39 is 6.04 Å². The summed E-state index contributed by atoms with van der Waals surface area (Å²) in [6.07, 6.45) is 3.20. The zero-order valence-corrected chi connectivity index (χ0v) is 12.3. The van der Waals surface area contributed by atoms with E-state index in [0.717, 1.165) is 5.56 Å². The minimum Gasteiger partial charge on any atom is -0.291 e. The minimum absolute atomic E-state index is 0.161. The Bertz CT molecular complexity index is 799. The molecule has 0 aliphatic rings. The van der Waals surface area contributed by atoms with Gasteiger partial charge < -0.3 is 0 Å². The van der Waals surface area contributed by atoms with Crippen LogP contribution in [0.1, 0.15) is 24.4 Å². The second-order valence-electron chi connectivity index (χ2n) is 4.95. The van der Waals surface area contributed by atoms with Gasteiger partial charge in [0.05, 0.1) is 0 Å². The number of hydrogen-bond donors (Lipinski definition) is 2. The molecule has 0 saturated heterocycles. The van der Waals surface area contributed by atoms with Crippen LogP contribution in [-0.2, 0) is 11.2 Å². The van der Waals surface area contributed by atoms with Crippen LogP contribution in [0.25, 0.3) is 0 Å². The molecule has 118 valence electrons. The molecule has 2 N–H and O–H groups in total. The monoisotopic (exact) mass is 315 g/mol. The Morgan fingerprint density at radius 2 is 2.35 bits per heavy atom. The third kappa shape index (κ3) is 3.57. The molecule has 0 aliphatic heterocycles. The predicted octanol–water partition coefficient (Wildman–Crippen LogP) is 1.33. The predicted molar refractivity (Wildman–Crippen MR) is 79.0 cm³/mol. The molecule has 2 heterocycles. The maximum absolute atomic E-state index is 13.2. The second-order valence-corrected chi connectivity index (χ2v) is 4.95. The van der Waals surface area contributed by atoms with E-state index in [1.54, 1.807) is 19.1 Å². The van der Waals surface area contributed by atoms with E-state index >= 15 is 0 Å². The van der Waals surface area contributed by atoms with Gasteiger partial charge in [-0.15, -0.1) is 5.10 Å². The van der Waals surface area contributed by atoms with Crippen molar-refractivity contribution in [1.82, 2.24) is 29.9 Å². The van der Waals surface area contributed by atoms with Gasteiger partial charge in [0.15, 0.2) is 0 Å². The highest BCUT2D eigenvalue weighted by Crippen LogP contribution is 2.10. The third-order valence-electron chi connectivity index (χ3n) is 3.24. The van der Waals surface area contributed by atoms with Crippen molar-refractivity contribution in [2.24, 2.45) is 0 Å². The van der Waals surface area contributed by atoms with E-state index in [1.807, 2.05) is 0 Å². The number of carbonyl (C=O) groups is 1. The Balaban J connectivity index is 1.64. The van der Waals surface area contributed by atoms with Crippen LogP contribution >= 0.6 is 0 Å². The van der Waals surface area contributed by atoms with Crippen LogP contribution in [0.5, 0.6) is 0 Å². The fraction of sp³-hybridized carbons (Fsp3) is 0.214. The number of halogens is 1. The highest BCUT2D eigenvalue weighted by Gasteiger charge is 2.17. The van der Waals surface area contributed by atoms with Gasteiger partial charge >= 0.3 is 0 Å². The van der Waals surface area contributed by atoms with Crippen LogP contribution in [0.15, 0.2) is 36.9 Å². The summed E-state index contributed by atoms with van der Waals surface area (Å²) in [6.45, 7) is 1.68. The molecule has 0 unspecified atom stereocenters. The minimum atomic E-state index is -0.539. The Morgan fingerprint density at radius 1 is 1.48 bits per heavy atom. The average Bonchev–Trinajstić information content (AvgIpc) is 3.18. The molecule has 2 aromatic heterocycles. The highest BCUT2D eigenvalue weighted by atomic mass is 19.1. The molecule has 0 radical (unpaired) electrons. The van der Waals surface area contributed by atoms with E-state index in [9.17, 15) is 9.18 Å². The maximum atomic E-state index is 13.2. The van der Waals surface area contributed by atoms with Gasteiger partial charge in [-0.3, -0.25) is 15.2 Å². The molecule has 8 nitrogen and oxygen atoms in total. The summed E-state index contributed by atoms with van der Waals surface area (Å²) >= 11 is 0. The van der Waals surface area contributed by atoms with Crippen molar-refractivity contribution in [3.05, 3.63) is 54.1 Å². The molecule has 1 amide bonds.